The highest BCUT2D eigenvalue weighted by Gasteiger charge is 2.28. The number of benzene rings is 1. The molecule has 2 aromatic rings. The van der Waals surface area contributed by atoms with Crippen molar-refractivity contribution in [3.8, 4) is 0 Å². The van der Waals surface area contributed by atoms with Gasteiger partial charge in [-0.1, -0.05) is 12.1 Å². The van der Waals surface area contributed by atoms with Gasteiger partial charge in [0, 0.05) is 33.0 Å². The van der Waals surface area contributed by atoms with Gasteiger partial charge in [-0.15, -0.1) is 0 Å². The second kappa shape index (κ2) is 7.63. The van der Waals surface area contributed by atoms with Crippen LogP contribution in [0.4, 0.5) is 0 Å². The van der Waals surface area contributed by atoms with E-state index < -0.39 is 17.2 Å². The molecule has 1 aliphatic heterocycles. The Morgan fingerprint density at radius 2 is 1.57 bits per heavy atom. The van der Waals surface area contributed by atoms with E-state index in [9.17, 15) is 24.0 Å². The molecule has 0 bridgehead atoms. The van der Waals surface area contributed by atoms with E-state index in [1.54, 1.807) is 12.1 Å². The number of esters is 1. The summed E-state index contributed by atoms with van der Waals surface area (Å²) in [5.41, 5.74) is 0.285. The summed E-state index contributed by atoms with van der Waals surface area (Å²) in [7, 11) is 2.85. The minimum absolute atomic E-state index is 0.169. The number of nitrogens with zero attached hydrogens (tertiary/aromatic N) is 3. The maximum absolute atomic E-state index is 12.2. The number of rotatable bonds is 5. The third kappa shape index (κ3) is 3.78. The molecule has 2 heterocycles. The molecule has 0 aliphatic carbocycles. The predicted molar refractivity (Wildman–Crippen MR) is 97.3 cm³/mol. The Labute approximate surface area is 159 Å². The van der Waals surface area contributed by atoms with Crippen LogP contribution in [0.5, 0.6) is 0 Å². The van der Waals surface area contributed by atoms with E-state index in [1.165, 1.54) is 41.8 Å². The van der Waals surface area contributed by atoms with Gasteiger partial charge in [0.2, 0.25) is 11.8 Å². The molecular formula is C19H19N3O6. The Morgan fingerprint density at radius 3 is 2.18 bits per heavy atom. The first-order valence-electron chi connectivity index (χ1n) is 8.63. The van der Waals surface area contributed by atoms with Crippen LogP contribution in [0.1, 0.15) is 34.5 Å². The van der Waals surface area contributed by atoms with E-state index in [-0.39, 0.29) is 49.1 Å². The average Bonchev–Trinajstić information content (AvgIpc) is 3.00. The fraction of sp³-hybridized carbons (Fsp3) is 0.316. The molecule has 2 amide bonds. The van der Waals surface area contributed by atoms with E-state index in [4.69, 9.17) is 4.74 Å². The first-order chi connectivity index (χ1) is 13.3. The minimum atomic E-state index is -0.618. The molecule has 0 unspecified atom stereocenters. The molecule has 146 valence electrons. The molecule has 0 radical (unpaired) electrons. The van der Waals surface area contributed by atoms with Gasteiger partial charge in [0.15, 0.2) is 0 Å². The molecule has 0 spiro atoms. The van der Waals surface area contributed by atoms with Gasteiger partial charge in [-0.05, 0) is 17.7 Å². The number of amides is 2. The topological polar surface area (TPSA) is 108 Å². The third-order valence-electron chi connectivity index (χ3n) is 4.66. The fourth-order valence-electron chi connectivity index (χ4n) is 2.87. The quantitative estimate of drug-likeness (QED) is 0.533. The summed E-state index contributed by atoms with van der Waals surface area (Å²) in [4.78, 5) is 60.3. The van der Waals surface area contributed by atoms with Gasteiger partial charge in [-0.25, -0.2) is 9.59 Å². The molecule has 3 rings (SSSR count). The monoisotopic (exact) mass is 385 g/mol. The number of hydrogen-bond acceptors (Lipinski definition) is 6. The highest BCUT2D eigenvalue weighted by atomic mass is 16.5. The fourth-order valence-corrected chi connectivity index (χ4v) is 2.87. The van der Waals surface area contributed by atoms with Crippen LogP contribution in [-0.2, 0) is 41.6 Å². The lowest BCUT2D eigenvalue weighted by molar-refractivity contribution is -0.139. The van der Waals surface area contributed by atoms with Crippen molar-refractivity contribution in [2.75, 3.05) is 0 Å². The maximum Gasteiger partial charge on any atom is 0.338 e. The van der Waals surface area contributed by atoms with Crippen molar-refractivity contribution in [2.45, 2.75) is 26.0 Å². The SMILES string of the molecule is Cn1c(COC(=O)c2ccc(CN3C(=O)CCC3=O)cc2)cc(=O)n(C)c1=O. The zero-order valence-electron chi connectivity index (χ0n) is 15.5. The lowest BCUT2D eigenvalue weighted by Gasteiger charge is -2.14. The first kappa shape index (κ1) is 19.3. The molecule has 1 fully saturated rings. The number of carbonyl (C=O) groups excluding carboxylic acids is 3. The van der Waals surface area contributed by atoms with Crippen molar-refractivity contribution in [3.05, 3.63) is 68.0 Å². The minimum Gasteiger partial charge on any atom is -0.456 e. The molecule has 9 heteroatoms. The van der Waals surface area contributed by atoms with Gasteiger partial charge in [0.25, 0.3) is 5.56 Å². The highest BCUT2D eigenvalue weighted by molar-refractivity contribution is 6.01. The Morgan fingerprint density at radius 1 is 0.964 bits per heavy atom. The van der Waals surface area contributed by atoms with Gasteiger partial charge in [-0.2, -0.15) is 0 Å². The van der Waals surface area contributed by atoms with Gasteiger partial charge in [0.1, 0.15) is 6.61 Å². The molecule has 0 N–H and O–H groups in total. The molecule has 0 atom stereocenters. The first-order valence-corrected chi connectivity index (χ1v) is 8.63. The lowest BCUT2D eigenvalue weighted by atomic mass is 10.1. The van der Waals surface area contributed by atoms with Crippen LogP contribution in [0, 0.1) is 0 Å². The van der Waals surface area contributed by atoms with Crippen LogP contribution >= 0.6 is 0 Å². The Hall–Kier alpha value is -3.49. The van der Waals surface area contributed by atoms with Crippen molar-refractivity contribution in [2.24, 2.45) is 14.1 Å². The second-order valence-corrected chi connectivity index (χ2v) is 6.52. The molecular weight excluding hydrogens is 366 g/mol. The molecule has 28 heavy (non-hydrogen) atoms. The number of carbonyl (C=O) groups is 3. The summed E-state index contributed by atoms with van der Waals surface area (Å²) >= 11 is 0. The second-order valence-electron chi connectivity index (χ2n) is 6.52. The summed E-state index contributed by atoms with van der Waals surface area (Å²) in [5.74, 6) is -1.02. The van der Waals surface area contributed by atoms with Crippen molar-refractivity contribution < 1.29 is 19.1 Å². The molecule has 9 nitrogen and oxygen atoms in total. The Balaban J connectivity index is 1.66. The molecule has 1 aromatic carbocycles. The summed E-state index contributed by atoms with van der Waals surface area (Å²) in [5, 5.41) is 0. The van der Waals surface area contributed by atoms with E-state index in [1.807, 2.05) is 0 Å². The van der Waals surface area contributed by atoms with Gasteiger partial charge >= 0.3 is 11.7 Å². The van der Waals surface area contributed by atoms with Crippen LogP contribution in [-0.4, -0.2) is 31.8 Å². The largest absolute Gasteiger partial charge is 0.456 e. The van der Waals surface area contributed by atoms with Crippen LogP contribution in [0.15, 0.2) is 39.9 Å². The number of ether oxygens (including phenoxy) is 1. The van der Waals surface area contributed by atoms with Crippen LogP contribution < -0.4 is 11.2 Å². The maximum atomic E-state index is 12.2. The molecule has 0 saturated carbocycles. The van der Waals surface area contributed by atoms with Crippen LogP contribution in [0.25, 0.3) is 0 Å². The standard InChI is InChI=1S/C19H19N3O6/c1-20-14(9-17(25)21(2)19(20)27)11-28-18(26)13-5-3-12(4-6-13)10-22-15(23)7-8-16(22)24/h3-6,9H,7-8,10-11H2,1-2H3. The van der Waals surface area contributed by atoms with Gasteiger partial charge < -0.3 is 4.74 Å². The van der Waals surface area contributed by atoms with Crippen LogP contribution in [0.2, 0.25) is 0 Å². The average molecular weight is 385 g/mol. The number of likely N-dealkylation sites (tertiary alicyclic amines) is 1. The van der Waals surface area contributed by atoms with Crippen molar-refractivity contribution in [3.63, 3.8) is 0 Å². The zero-order chi connectivity index (χ0) is 20.4. The molecule has 1 aliphatic rings. The summed E-state index contributed by atoms with van der Waals surface area (Å²) < 4.78 is 7.38. The lowest BCUT2D eigenvalue weighted by Crippen LogP contribution is -2.38. The van der Waals surface area contributed by atoms with E-state index in [0.717, 1.165) is 4.57 Å². The Kier molecular flexibility index (Phi) is 5.25. The number of hydrogen-bond donors (Lipinski definition) is 0. The van der Waals surface area contributed by atoms with Crippen molar-refractivity contribution in [1.82, 2.24) is 14.0 Å². The Bertz CT molecular complexity index is 1050. The summed E-state index contributed by atoms with van der Waals surface area (Å²) in [6.45, 7) is -0.0540. The summed E-state index contributed by atoms with van der Waals surface area (Å²) in [6.07, 6.45) is 0.461. The normalized spacial score (nSPS) is 13.9. The molecule has 1 saturated heterocycles. The summed E-state index contributed by atoms with van der Waals surface area (Å²) in [6, 6.07) is 7.59. The van der Waals surface area contributed by atoms with Crippen molar-refractivity contribution in [1.29, 1.82) is 0 Å². The van der Waals surface area contributed by atoms with E-state index >= 15 is 0 Å². The number of imide groups is 1. The third-order valence-corrected chi connectivity index (χ3v) is 4.66. The molecule has 1 aromatic heterocycles. The van der Waals surface area contributed by atoms with Crippen molar-refractivity contribution >= 4 is 17.8 Å². The van der Waals surface area contributed by atoms with E-state index in [0.29, 0.717) is 5.56 Å². The van der Waals surface area contributed by atoms with Crippen LogP contribution in [0.3, 0.4) is 0 Å². The van der Waals surface area contributed by atoms with Gasteiger partial charge in [0.05, 0.1) is 17.8 Å². The predicted octanol–water partition coefficient (Wildman–Crippen LogP) is 0.0900. The van der Waals surface area contributed by atoms with Gasteiger partial charge in [-0.3, -0.25) is 28.4 Å². The van der Waals surface area contributed by atoms with E-state index in [2.05, 4.69) is 0 Å². The number of aromatic nitrogens is 2. The smallest absolute Gasteiger partial charge is 0.338 e. The zero-order valence-corrected chi connectivity index (χ0v) is 15.5. The highest BCUT2D eigenvalue weighted by Crippen LogP contribution is 2.16.